The molecule has 0 aromatic carbocycles. The number of ether oxygens (including phenoxy) is 1. The molecule has 1 aromatic rings. The van der Waals surface area contributed by atoms with Crippen molar-refractivity contribution in [3.8, 4) is 6.01 Å². The van der Waals surface area contributed by atoms with E-state index in [0.29, 0.717) is 6.61 Å². The minimum Gasteiger partial charge on any atom is -0.463 e. The SMILES string of the molecule is CCCOc1nc(Cl)nc(NC(C)(C)CO)n1. The Balaban J connectivity index is 2.82. The maximum atomic E-state index is 9.14. The summed E-state index contributed by atoms with van der Waals surface area (Å²) in [6.45, 7) is 6.08. The van der Waals surface area contributed by atoms with Gasteiger partial charge in [-0.25, -0.2) is 0 Å². The number of nitrogens with zero attached hydrogens (tertiary/aromatic N) is 3. The zero-order valence-corrected chi connectivity index (χ0v) is 11.0. The van der Waals surface area contributed by atoms with Crippen LogP contribution in [-0.2, 0) is 0 Å². The first-order valence-corrected chi connectivity index (χ1v) is 5.78. The van der Waals surface area contributed by atoms with Gasteiger partial charge in [0.25, 0.3) is 0 Å². The van der Waals surface area contributed by atoms with Gasteiger partial charge in [-0.15, -0.1) is 0 Å². The van der Waals surface area contributed by atoms with Crippen LogP contribution in [0.5, 0.6) is 6.01 Å². The Labute approximate surface area is 105 Å². The maximum Gasteiger partial charge on any atom is 0.322 e. The lowest BCUT2D eigenvalue weighted by atomic mass is 10.1. The van der Waals surface area contributed by atoms with Crippen LogP contribution in [0.4, 0.5) is 5.95 Å². The Kier molecular flexibility index (Phi) is 4.89. The molecular formula is C10H17ClN4O2. The van der Waals surface area contributed by atoms with E-state index in [1.807, 2.05) is 20.8 Å². The summed E-state index contributed by atoms with van der Waals surface area (Å²) in [5, 5.41) is 12.1. The van der Waals surface area contributed by atoms with Crippen molar-refractivity contribution in [2.24, 2.45) is 0 Å². The molecule has 0 aliphatic heterocycles. The summed E-state index contributed by atoms with van der Waals surface area (Å²) in [5.74, 6) is 0.287. The van der Waals surface area contributed by atoms with Crippen LogP contribution in [0.2, 0.25) is 5.28 Å². The lowest BCUT2D eigenvalue weighted by Crippen LogP contribution is -2.35. The van der Waals surface area contributed by atoms with E-state index in [-0.39, 0.29) is 23.8 Å². The van der Waals surface area contributed by atoms with Crippen LogP contribution in [0.25, 0.3) is 0 Å². The van der Waals surface area contributed by atoms with E-state index < -0.39 is 5.54 Å². The molecule has 0 amide bonds. The molecule has 17 heavy (non-hydrogen) atoms. The van der Waals surface area contributed by atoms with Crippen molar-refractivity contribution in [3.63, 3.8) is 0 Å². The predicted molar refractivity (Wildman–Crippen MR) is 65.4 cm³/mol. The van der Waals surface area contributed by atoms with E-state index in [0.717, 1.165) is 6.42 Å². The van der Waals surface area contributed by atoms with Crippen LogP contribution in [0, 0.1) is 0 Å². The summed E-state index contributed by atoms with van der Waals surface area (Å²) in [6, 6.07) is 0.183. The van der Waals surface area contributed by atoms with Gasteiger partial charge in [0.2, 0.25) is 11.2 Å². The van der Waals surface area contributed by atoms with Gasteiger partial charge in [-0.05, 0) is 31.9 Å². The molecule has 0 saturated heterocycles. The number of aliphatic hydroxyl groups excluding tert-OH is 1. The highest BCUT2D eigenvalue weighted by atomic mass is 35.5. The molecule has 0 radical (unpaired) electrons. The molecule has 6 nitrogen and oxygen atoms in total. The minimum absolute atomic E-state index is 0.0541. The van der Waals surface area contributed by atoms with Crippen LogP contribution < -0.4 is 10.1 Å². The largest absolute Gasteiger partial charge is 0.463 e. The van der Waals surface area contributed by atoms with Crippen molar-refractivity contribution in [2.75, 3.05) is 18.5 Å². The molecule has 1 heterocycles. The van der Waals surface area contributed by atoms with E-state index in [1.165, 1.54) is 0 Å². The van der Waals surface area contributed by atoms with E-state index in [9.17, 15) is 0 Å². The Morgan fingerprint density at radius 3 is 2.65 bits per heavy atom. The first kappa shape index (κ1) is 13.9. The van der Waals surface area contributed by atoms with Gasteiger partial charge in [0.05, 0.1) is 18.8 Å². The molecule has 0 unspecified atom stereocenters. The molecule has 0 atom stereocenters. The zero-order valence-electron chi connectivity index (χ0n) is 10.2. The van der Waals surface area contributed by atoms with Crippen LogP contribution >= 0.6 is 11.6 Å². The fraction of sp³-hybridized carbons (Fsp3) is 0.700. The smallest absolute Gasteiger partial charge is 0.322 e. The summed E-state index contributed by atoms with van der Waals surface area (Å²) < 4.78 is 5.28. The van der Waals surface area contributed by atoms with Gasteiger partial charge in [0.15, 0.2) is 0 Å². The molecule has 0 fully saturated rings. The van der Waals surface area contributed by atoms with Gasteiger partial charge in [-0.1, -0.05) is 6.92 Å². The second-order valence-electron chi connectivity index (χ2n) is 4.23. The third-order valence-corrected chi connectivity index (χ3v) is 2.04. The molecule has 1 aromatic heterocycles. The lowest BCUT2D eigenvalue weighted by Gasteiger charge is -2.23. The van der Waals surface area contributed by atoms with Gasteiger partial charge >= 0.3 is 6.01 Å². The van der Waals surface area contributed by atoms with Gasteiger partial charge in [0, 0.05) is 0 Å². The number of aliphatic hydroxyl groups is 1. The molecular weight excluding hydrogens is 244 g/mol. The Morgan fingerprint density at radius 2 is 2.06 bits per heavy atom. The third-order valence-electron chi connectivity index (χ3n) is 1.87. The minimum atomic E-state index is -0.535. The molecule has 2 N–H and O–H groups in total. The standard InChI is InChI=1S/C10H17ClN4O2/c1-4-5-17-9-13-7(11)12-8(14-9)15-10(2,3)6-16/h16H,4-6H2,1-3H3,(H,12,13,14,15). The molecule has 0 aliphatic carbocycles. The fourth-order valence-electron chi connectivity index (χ4n) is 0.988. The number of rotatable bonds is 6. The molecule has 96 valence electrons. The first-order valence-electron chi connectivity index (χ1n) is 5.40. The highest BCUT2D eigenvalue weighted by Crippen LogP contribution is 2.15. The topological polar surface area (TPSA) is 80.2 Å². The monoisotopic (exact) mass is 260 g/mol. The highest BCUT2D eigenvalue weighted by molar-refractivity contribution is 6.28. The van der Waals surface area contributed by atoms with Crippen molar-refractivity contribution in [1.29, 1.82) is 0 Å². The zero-order chi connectivity index (χ0) is 12.9. The molecule has 0 bridgehead atoms. The molecule has 0 saturated carbocycles. The van der Waals surface area contributed by atoms with Crippen LogP contribution in [0.15, 0.2) is 0 Å². The van der Waals surface area contributed by atoms with Crippen LogP contribution in [0.3, 0.4) is 0 Å². The van der Waals surface area contributed by atoms with E-state index in [4.69, 9.17) is 21.4 Å². The molecule has 1 rings (SSSR count). The summed E-state index contributed by atoms with van der Waals surface area (Å²) in [7, 11) is 0. The van der Waals surface area contributed by atoms with Crippen molar-refractivity contribution < 1.29 is 9.84 Å². The summed E-state index contributed by atoms with van der Waals surface area (Å²) >= 11 is 5.76. The Hall–Kier alpha value is -1.14. The van der Waals surface area contributed by atoms with E-state index >= 15 is 0 Å². The Bertz CT molecular complexity index is 373. The number of anilines is 1. The predicted octanol–water partition coefficient (Wildman–Crippen LogP) is 1.50. The van der Waals surface area contributed by atoms with Gasteiger partial charge in [-0.2, -0.15) is 15.0 Å². The van der Waals surface area contributed by atoms with Crippen molar-refractivity contribution in [3.05, 3.63) is 5.28 Å². The third kappa shape index (κ3) is 4.70. The van der Waals surface area contributed by atoms with Crippen molar-refractivity contribution in [2.45, 2.75) is 32.7 Å². The van der Waals surface area contributed by atoms with Crippen molar-refractivity contribution in [1.82, 2.24) is 15.0 Å². The average Bonchev–Trinajstić information content (AvgIpc) is 2.25. The second-order valence-corrected chi connectivity index (χ2v) is 4.56. The quantitative estimate of drug-likeness (QED) is 0.807. The van der Waals surface area contributed by atoms with E-state index in [2.05, 4.69) is 20.3 Å². The number of halogens is 1. The molecule has 7 heteroatoms. The van der Waals surface area contributed by atoms with Gasteiger partial charge < -0.3 is 15.2 Å². The normalized spacial score (nSPS) is 11.4. The fourth-order valence-corrected chi connectivity index (χ4v) is 1.14. The highest BCUT2D eigenvalue weighted by Gasteiger charge is 2.18. The number of hydrogen-bond acceptors (Lipinski definition) is 6. The second kappa shape index (κ2) is 5.97. The lowest BCUT2D eigenvalue weighted by molar-refractivity contribution is 0.233. The number of nitrogens with one attached hydrogen (secondary N) is 1. The summed E-state index contributed by atoms with van der Waals surface area (Å²) in [5.41, 5.74) is -0.535. The number of aromatic nitrogens is 3. The summed E-state index contributed by atoms with van der Waals surface area (Å²) in [6.07, 6.45) is 0.855. The molecule has 0 aliphatic rings. The molecule has 0 spiro atoms. The average molecular weight is 261 g/mol. The Morgan fingerprint density at radius 1 is 1.35 bits per heavy atom. The van der Waals surface area contributed by atoms with Crippen LogP contribution in [0.1, 0.15) is 27.2 Å². The maximum absolute atomic E-state index is 9.14. The van der Waals surface area contributed by atoms with Gasteiger partial charge in [0.1, 0.15) is 0 Å². The van der Waals surface area contributed by atoms with Gasteiger partial charge in [-0.3, -0.25) is 0 Å². The van der Waals surface area contributed by atoms with E-state index in [1.54, 1.807) is 0 Å². The van der Waals surface area contributed by atoms with Crippen LogP contribution in [-0.4, -0.2) is 38.8 Å². The first-order chi connectivity index (χ1) is 7.96. The number of hydrogen-bond donors (Lipinski definition) is 2. The van der Waals surface area contributed by atoms with Crippen molar-refractivity contribution >= 4 is 17.5 Å². The summed E-state index contributed by atoms with van der Waals surface area (Å²) in [4.78, 5) is 11.8.